The summed E-state index contributed by atoms with van der Waals surface area (Å²) in [6.07, 6.45) is 3.37. The number of piperidine rings is 1. The zero-order chi connectivity index (χ0) is 25.6. The number of fused-ring (bicyclic) bond motifs is 1. The van der Waals surface area contributed by atoms with Crippen molar-refractivity contribution in [2.24, 2.45) is 0 Å². The number of nitrogens with one attached hydrogen (secondary N) is 2. The number of rotatable bonds is 5. The topological polar surface area (TPSA) is 105 Å². The zero-order valence-corrected chi connectivity index (χ0v) is 22.5. The summed E-state index contributed by atoms with van der Waals surface area (Å²) in [7, 11) is -2.25. The molecule has 0 radical (unpaired) electrons. The second-order valence-electron chi connectivity index (χ2n) is 10.4. The van der Waals surface area contributed by atoms with Crippen molar-refractivity contribution >= 4 is 38.2 Å². The molecule has 0 aliphatic carbocycles. The van der Waals surface area contributed by atoms with E-state index in [0.29, 0.717) is 35.6 Å². The Bertz CT molecular complexity index is 1240. The van der Waals surface area contributed by atoms with Gasteiger partial charge in [0.25, 0.3) is 5.91 Å². The Labute approximate surface area is 211 Å². The summed E-state index contributed by atoms with van der Waals surface area (Å²) in [6, 6.07) is 5.95. The number of sulfonamides is 1. The van der Waals surface area contributed by atoms with Crippen molar-refractivity contribution in [1.29, 1.82) is 0 Å². The van der Waals surface area contributed by atoms with Crippen molar-refractivity contribution < 1.29 is 22.7 Å². The van der Waals surface area contributed by atoms with E-state index in [4.69, 9.17) is 4.74 Å². The summed E-state index contributed by atoms with van der Waals surface area (Å²) in [6.45, 7) is 9.30. The van der Waals surface area contributed by atoms with Gasteiger partial charge in [-0.2, -0.15) is 4.31 Å². The van der Waals surface area contributed by atoms with E-state index in [1.165, 1.54) is 47.0 Å². The number of hydrogen-bond acceptors (Lipinski definition) is 7. The van der Waals surface area contributed by atoms with Crippen molar-refractivity contribution in [2.45, 2.75) is 69.4 Å². The lowest BCUT2D eigenvalue weighted by Gasteiger charge is -2.42. The predicted molar refractivity (Wildman–Crippen MR) is 137 cm³/mol. The van der Waals surface area contributed by atoms with Crippen molar-refractivity contribution in [2.75, 3.05) is 25.5 Å². The molecule has 2 aliphatic heterocycles. The highest BCUT2D eigenvalue weighted by Crippen LogP contribution is 2.45. The van der Waals surface area contributed by atoms with E-state index in [2.05, 4.69) is 38.3 Å². The number of benzene rings is 1. The van der Waals surface area contributed by atoms with Gasteiger partial charge in [0.15, 0.2) is 0 Å². The molecule has 1 aromatic carbocycles. The van der Waals surface area contributed by atoms with Crippen molar-refractivity contribution in [1.82, 2.24) is 9.62 Å². The van der Waals surface area contributed by atoms with E-state index in [0.717, 1.165) is 29.7 Å². The quantitative estimate of drug-likeness (QED) is 0.576. The molecule has 2 aromatic rings. The minimum atomic E-state index is -3.58. The van der Waals surface area contributed by atoms with Gasteiger partial charge in [0.05, 0.1) is 17.6 Å². The summed E-state index contributed by atoms with van der Waals surface area (Å²) >= 11 is 1.36. The van der Waals surface area contributed by atoms with Gasteiger partial charge in [-0.1, -0.05) is 6.42 Å². The lowest BCUT2D eigenvalue weighted by atomic mass is 9.81. The van der Waals surface area contributed by atoms with E-state index in [1.807, 2.05) is 0 Å². The van der Waals surface area contributed by atoms with Gasteiger partial charge in [0, 0.05) is 34.6 Å². The first-order valence-electron chi connectivity index (χ1n) is 11.8. The molecular weight excluding hydrogens is 486 g/mol. The van der Waals surface area contributed by atoms with Crippen LogP contribution in [0.25, 0.3) is 0 Å². The van der Waals surface area contributed by atoms with Crippen LogP contribution in [0.15, 0.2) is 29.2 Å². The van der Waals surface area contributed by atoms with Crippen LogP contribution in [0.2, 0.25) is 0 Å². The van der Waals surface area contributed by atoms with Gasteiger partial charge in [-0.3, -0.25) is 4.79 Å². The summed E-state index contributed by atoms with van der Waals surface area (Å²) in [5.74, 6) is -0.907. The summed E-state index contributed by atoms with van der Waals surface area (Å²) in [5, 5.41) is 6.91. The molecule has 0 spiro atoms. The first-order chi connectivity index (χ1) is 16.4. The molecule has 1 amide bonds. The van der Waals surface area contributed by atoms with Crippen LogP contribution < -0.4 is 10.6 Å². The SMILES string of the molecule is COC(=O)c1c(NC(=O)c2ccc(S(=O)(=O)N3CCCCC3)cc2)sc2c1CC(C)(C)NC2(C)C. The Morgan fingerprint density at radius 1 is 1.06 bits per heavy atom. The number of amides is 1. The molecule has 4 rings (SSSR count). The minimum absolute atomic E-state index is 0.174. The molecular formula is C25H33N3O5S2. The monoisotopic (exact) mass is 519 g/mol. The van der Waals surface area contributed by atoms with Gasteiger partial charge < -0.3 is 15.4 Å². The number of nitrogens with zero attached hydrogens (tertiary/aromatic N) is 1. The Morgan fingerprint density at radius 2 is 1.69 bits per heavy atom. The summed E-state index contributed by atoms with van der Waals surface area (Å²) < 4.78 is 32.4. The number of methoxy groups -OCH3 is 1. The second kappa shape index (κ2) is 9.31. The fraction of sp³-hybridized carbons (Fsp3) is 0.520. The maximum Gasteiger partial charge on any atom is 0.341 e. The number of carbonyl (C=O) groups is 2. The standard InChI is InChI=1S/C25H33N3O5S2/c1-24(2)15-18-19(23(30)33-5)22(34-20(18)25(3,4)27-24)26-21(29)16-9-11-17(12-10-16)35(31,32)28-13-7-6-8-14-28/h9-12,27H,6-8,13-15H2,1-5H3,(H,26,29). The summed E-state index contributed by atoms with van der Waals surface area (Å²) in [4.78, 5) is 27.0. The van der Waals surface area contributed by atoms with Gasteiger partial charge >= 0.3 is 5.97 Å². The minimum Gasteiger partial charge on any atom is -0.465 e. The smallest absolute Gasteiger partial charge is 0.341 e. The highest BCUT2D eigenvalue weighted by Gasteiger charge is 2.42. The van der Waals surface area contributed by atoms with E-state index in [-0.39, 0.29) is 10.4 Å². The average molecular weight is 520 g/mol. The van der Waals surface area contributed by atoms with Crippen LogP contribution in [0.3, 0.4) is 0 Å². The fourth-order valence-electron chi connectivity index (χ4n) is 5.14. The second-order valence-corrected chi connectivity index (χ2v) is 13.3. The Morgan fingerprint density at radius 3 is 2.29 bits per heavy atom. The molecule has 1 fully saturated rings. The third-order valence-corrected chi connectivity index (χ3v) is 9.91. The molecule has 1 saturated heterocycles. The summed E-state index contributed by atoms with van der Waals surface area (Å²) in [5.41, 5.74) is 0.944. The first-order valence-corrected chi connectivity index (χ1v) is 14.1. The number of carbonyl (C=O) groups excluding carboxylic acids is 2. The molecule has 0 unspecified atom stereocenters. The normalized spacial score (nSPS) is 19.6. The number of ether oxygens (including phenoxy) is 1. The van der Waals surface area contributed by atoms with Crippen LogP contribution >= 0.6 is 11.3 Å². The third kappa shape index (κ3) is 5.02. The fourth-order valence-corrected chi connectivity index (χ4v) is 7.92. The van der Waals surface area contributed by atoms with Gasteiger partial charge in [0.1, 0.15) is 5.00 Å². The van der Waals surface area contributed by atoms with Crippen molar-refractivity contribution in [3.63, 3.8) is 0 Å². The van der Waals surface area contributed by atoms with E-state index >= 15 is 0 Å². The van der Waals surface area contributed by atoms with Gasteiger partial charge in [-0.05, 0) is 76.8 Å². The number of hydrogen-bond donors (Lipinski definition) is 2. The van der Waals surface area contributed by atoms with Crippen LogP contribution in [0.1, 0.15) is 78.1 Å². The molecule has 1 aromatic heterocycles. The van der Waals surface area contributed by atoms with Gasteiger partial charge in [-0.15, -0.1) is 11.3 Å². The molecule has 3 heterocycles. The molecule has 8 nitrogen and oxygen atoms in total. The molecule has 35 heavy (non-hydrogen) atoms. The molecule has 190 valence electrons. The molecule has 0 saturated carbocycles. The van der Waals surface area contributed by atoms with Crippen LogP contribution in [0.4, 0.5) is 5.00 Å². The van der Waals surface area contributed by atoms with Crippen LogP contribution in [0.5, 0.6) is 0 Å². The van der Waals surface area contributed by atoms with E-state index in [1.54, 1.807) is 0 Å². The molecule has 2 N–H and O–H groups in total. The number of anilines is 1. The maximum atomic E-state index is 13.1. The lowest BCUT2D eigenvalue weighted by molar-refractivity contribution is 0.0600. The maximum absolute atomic E-state index is 13.1. The average Bonchev–Trinajstić information content (AvgIpc) is 3.16. The molecule has 0 bridgehead atoms. The molecule has 10 heteroatoms. The largest absolute Gasteiger partial charge is 0.465 e. The van der Waals surface area contributed by atoms with Crippen molar-refractivity contribution in [3.05, 3.63) is 45.8 Å². The highest BCUT2D eigenvalue weighted by molar-refractivity contribution is 7.89. The number of thiophene rings is 1. The Kier molecular flexibility index (Phi) is 6.87. The third-order valence-electron chi connectivity index (χ3n) is 6.53. The van der Waals surface area contributed by atoms with E-state index in [9.17, 15) is 18.0 Å². The highest BCUT2D eigenvalue weighted by atomic mass is 32.2. The predicted octanol–water partition coefficient (Wildman–Crippen LogP) is 4.12. The van der Waals surface area contributed by atoms with Gasteiger partial charge in [0.2, 0.25) is 10.0 Å². The van der Waals surface area contributed by atoms with Crippen LogP contribution in [-0.4, -0.2) is 50.3 Å². The molecule has 2 aliphatic rings. The number of esters is 1. The lowest BCUT2D eigenvalue weighted by Crippen LogP contribution is -2.55. The van der Waals surface area contributed by atoms with E-state index < -0.39 is 27.4 Å². The van der Waals surface area contributed by atoms with Crippen LogP contribution in [0, 0.1) is 0 Å². The Hall–Kier alpha value is -2.27. The first kappa shape index (κ1) is 25.8. The Balaban J connectivity index is 1.62. The zero-order valence-electron chi connectivity index (χ0n) is 20.9. The van der Waals surface area contributed by atoms with Gasteiger partial charge in [-0.25, -0.2) is 13.2 Å². The van der Waals surface area contributed by atoms with Crippen LogP contribution in [-0.2, 0) is 26.7 Å². The molecule has 0 atom stereocenters. The van der Waals surface area contributed by atoms with Crippen molar-refractivity contribution in [3.8, 4) is 0 Å².